The highest BCUT2D eigenvalue weighted by Crippen LogP contribution is 2.12. The van der Waals surface area contributed by atoms with Crippen molar-refractivity contribution in [3.05, 3.63) is 18.2 Å². The lowest BCUT2D eigenvalue weighted by Crippen LogP contribution is -2.44. The number of carboxylic acid groups (broad SMARTS) is 1. The van der Waals surface area contributed by atoms with E-state index in [0.717, 1.165) is 11.8 Å². The minimum Gasteiger partial charge on any atom is -0.480 e. The molecule has 6 N–H and O–H groups in total. The average Bonchev–Trinajstić information content (AvgIpc) is 3.03. The van der Waals surface area contributed by atoms with Gasteiger partial charge in [0.15, 0.2) is 0 Å². The zero-order valence-corrected chi connectivity index (χ0v) is 14.5. The van der Waals surface area contributed by atoms with Crippen molar-refractivity contribution in [1.29, 1.82) is 0 Å². The smallest absolute Gasteiger partial charge is 0.327 e. The second-order valence-electron chi connectivity index (χ2n) is 5.16. The van der Waals surface area contributed by atoms with E-state index in [1.807, 2.05) is 0 Å². The van der Waals surface area contributed by atoms with Crippen LogP contribution in [0, 0.1) is 0 Å². The van der Waals surface area contributed by atoms with Crippen molar-refractivity contribution in [1.82, 2.24) is 20.6 Å². The van der Waals surface area contributed by atoms with Crippen LogP contribution in [0.15, 0.2) is 12.5 Å². The molecule has 11 heteroatoms. The molecule has 1 aromatic rings. The van der Waals surface area contributed by atoms with E-state index in [-0.39, 0.29) is 31.0 Å². The van der Waals surface area contributed by atoms with Gasteiger partial charge in [-0.3, -0.25) is 14.4 Å². The van der Waals surface area contributed by atoms with Gasteiger partial charge in [0.25, 0.3) is 0 Å². The van der Waals surface area contributed by atoms with Crippen LogP contribution in [-0.2, 0) is 25.6 Å². The minimum atomic E-state index is -1.24. The van der Waals surface area contributed by atoms with Crippen LogP contribution in [0.2, 0.25) is 0 Å². The zero-order valence-electron chi connectivity index (χ0n) is 13.7. The van der Waals surface area contributed by atoms with E-state index in [1.165, 1.54) is 19.4 Å². The first-order chi connectivity index (χ1) is 11.8. The number of nitrogens with one attached hydrogen (secondary N) is 3. The zero-order chi connectivity index (χ0) is 18.8. The maximum absolute atomic E-state index is 12.4. The molecule has 2 amide bonds. The summed E-state index contributed by atoms with van der Waals surface area (Å²) in [4.78, 5) is 53.0. The van der Waals surface area contributed by atoms with Gasteiger partial charge < -0.3 is 26.5 Å². The van der Waals surface area contributed by atoms with E-state index >= 15 is 0 Å². The normalized spacial score (nSPS) is 12.9. The Morgan fingerprint density at radius 1 is 1.32 bits per heavy atom. The molecule has 0 bridgehead atoms. The molecule has 25 heavy (non-hydrogen) atoms. The Hall–Kier alpha value is -2.40. The van der Waals surface area contributed by atoms with E-state index in [1.54, 1.807) is 0 Å². The number of carboxylic acids is 1. The topological polar surface area (TPSA) is 167 Å². The fourth-order valence-electron chi connectivity index (χ4n) is 1.89. The number of aliphatic carboxylic acids is 1. The van der Waals surface area contributed by atoms with E-state index in [0.29, 0.717) is 5.69 Å². The molecule has 0 radical (unpaired) electrons. The van der Waals surface area contributed by atoms with Gasteiger partial charge in [-0.15, -0.1) is 0 Å². The van der Waals surface area contributed by atoms with E-state index in [9.17, 15) is 19.2 Å². The lowest BCUT2D eigenvalue weighted by Gasteiger charge is -2.18. The summed E-state index contributed by atoms with van der Waals surface area (Å²) in [6.07, 6.45) is 3.22. The van der Waals surface area contributed by atoms with Gasteiger partial charge in [0, 0.05) is 44.0 Å². The van der Waals surface area contributed by atoms with Crippen molar-refractivity contribution < 1.29 is 24.3 Å². The first kappa shape index (κ1) is 20.6. The second-order valence-corrected chi connectivity index (χ2v) is 6.19. The summed E-state index contributed by atoms with van der Waals surface area (Å²) in [7, 11) is 0. The predicted molar refractivity (Wildman–Crippen MR) is 90.6 cm³/mol. The number of aromatic nitrogens is 2. The van der Waals surface area contributed by atoms with Crippen molar-refractivity contribution in [2.24, 2.45) is 5.73 Å². The fourth-order valence-corrected chi connectivity index (χ4v) is 2.79. The summed E-state index contributed by atoms with van der Waals surface area (Å²) in [5.74, 6) is -2.28. The summed E-state index contributed by atoms with van der Waals surface area (Å²) >= 11 is 0.730. The molecule has 0 aromatic carbocycles. The summed E-state index contributed by atoms with van der Waals surface area (Å²) in [6.45, 7) is 1.34. The second kappa shape index (κ2) is 10.5. The highest BCUT2D eigenvalue weighted by molar-refractivity contribution is 8.13. The Bertz CT molecular complexity index is 607. The molecule has 0 fully saturated rings. The van der Waals surface area contributed by atoms with E-state index in [2.05, 4.69) is 20.6 Å². The number of amides is 2. The fraction of sp³-hybridized carbons (Fsp3) is 0.500. The molecule has 0 aliphatic carbocycles. The number of imidazole rings is 1. The number of nitrogens with two attached hydrogens (primary N) is 1. The van der Waals surface area contributed by atoms with Gasteiger partial charge in [0.1, 0.15) is 12.1 Å². The van der Waals surface area contributed by atoms with Gasteiger partial charge in [-0.1, -0.05) is 11.8 Å². The number of hydrogen-bond acceptors (Lipinski definition) is 7. The van der Waals surface area contributed by atoms with Crippen molar-refractivity contribution >= 4 is 34.7 Å². The van der Waals surface area contributed by atoms with Crippen LogP contribution in [0.25, 0.3) is 0 Å². The molecule has 0 aliphatic heterocycles. The molecule has 1 rings (SSSR count). The maximum atomic E-state index is 12.4. The molecule has 1 aromatic heterocycles. The Kier molecular flexibility index (Phi) is 8.64. The molecule has 0 saturated heterocycles. The van der Waals surface area contributed by atoms with Crippen LogP contribution in [0.1, 0.15) is 19.0 Å². The third kappa shape index (κ3) is 7.81. The maximum Gasteiger partial charge on any atom is 0.327 e. The molecule has 0 spiro atoms. The average molecular weight is 371 g/mol. The van der Waals surface area contributed by atoms with Crippen molar-refractivity contribution in [3.8, 4) is 0 Å². The van der Waals surface area contributed by atoms with Crippen LogP contribution < -0.4 is 16.4 Å². The van der Waals surface area contributed by atoms with Gasteiger partial charge in [-0.2, -0.15) is 0 Å². The van der Waals surface area contributed by atoms with Crippen LogP contribution in [0.4, 0.5) is 0 Å². The van der Waals surface area contributed by atoms with E-state index < -0.39 is 29.1 Å². The molecule has 10 nitrogen and oxygen atoms in total. The third-order valence-corrected chi connectivity index (χ3v) is 4.11. The number of aromatic amines is 1. The molecule has 2 atom stereocenters. The van der Waals surface area contributed by atoms with Crippen molar-refractivity contribution in [2.75, 3.05) is 12.3 Å². The molecular formula is C14H21N5O5S. The molecule has 0 aliphatic rings. The molecule has 0 saturated carbocycles. The number of carbonyl (C=O) groups excluding carboxylic acids is 3. The number of carbonyl (C=O) groups is 4. The lowest BCUT2D eigenvalue weighted by molar-refractivity contribution is -0.140. The van der Waals surface area contributed by atoms with Crippen molar-refractivity contribution in [2.45, 2.75) is 31.8 Å². The number of thioether (sulfide) groups is 1. The van der Waals surface area contributed by atoms with Crippen LogP contribution in [0.5, 0.6) is 0 Å². The van der Waals surface area contributed by atoms with Crippen LogP contribution in [-0.4, -0.2) is 62.4 Å². The van der Waals surface area contributed by atoms with Gasteiger partial charge in [-0.25, -0.2) is 9.78 Å². The first-order valence-electron chi connectivity index (χ1n) is 7.46. The number of hydrogen-bond donors (Lipinski definition) is 5. The Labute approximate surface area is 148 Å². The number of nitrogens with zero attached hydrogens (tertiary/aromatic N) is 1. The van der Waals surface area contributed by atoms with Gasteiger partial charge in [0.05, 0.1) is 6.33 Å². The molecule has 138 valence electrons. The molecular weight excluding hydrogens is 350 g/mol. The predicted octanol–water partition coefficient (Wildman–Crippen LogP) is -1.37. The summed E-state index contributed by atoms with van der Waals surface area (Å²) in [5.41, 5.74) is 5.97. The Morgan fingerprint density at radius 3 is 2.56 bits per heavy atom. The SMILES string of the molecule is CC(=O)NC(CSC(=O)C(Cc1cnc[nH]1)NC(=O)CCN)C(=O)O. The molecule has 2 unspecified atom stereocenters. The highest BCUT2D eigenvalue weighted by Gasteiger charge is 2.25. The monoisotopic (exact) mass is 371 g/mol. The highest BCUT2D eigenvalue weighted by atomic mass is 32.2. The number of rotatable bonds is 10. The Balaban J connectivity index is 2.71. The number of H-pyrrole nitrogens is 1. The summed E-state index contributed by atoms with van der Waals surface area (Å²) in [6, 6.07) is -2.06. The van der Waals surface area contributed by atoms with Crippen molar-refractivity contribution in [3.63, 3.8) is 0 Å². The van der Waals surface area contributed by atoms with Gasteiger partial charge in [0.2, 0.25) is 16.9 Å². The first-order valence-corrected chi connectivity index (χ1v) is 8.45. The summed E-state index contributed by atoms with van der Waals surface area (Å²) < 4.78 is 0. The van der Waals surface area contributed by atoms with Gasteiger partial charge >= 0.3 is 5.97 Å². The molecule has 1 heterocycles. The standard InChI is InChI=1S/C14H21N5O5S/c1-8(20)18-11(13(22)23)6-25-14(24)10(19-12(21)2-3-15)4-9-5-16-7-17-9/h5,7,10-11H,2-4,6,15H2,1H3,(H,16,17)(H,18,20)(H,19,21)(H,22,23). The van der Waals surface area contributed by atoms with Crippen LogP contribution >= 0.6 is 11.8 Å². The van der Waals surface area contributed by atoms with Gasteiger partial charge in [-0.05, 0) is 0 Å². The minimum absolute atomic E-state index is 0.0705. The lowest BCUT2D eigenvalue weighted by atomic mass is 10.2. The van der Waals surface area contributed by atoms with Crippen LogP contribution in [0.3, 0.4) is 0 Å². The largest absolute Gasteiger partial charge is 0.480 e. The third-order valence-electron chi connectivity index (χ3n) is 3.04. The Morgan fingerprint density at radius 2 is 2.04 bits per heavy atom. The van der Waals surface area contributed by atoms with E-state index in [4.69, 9.17) is 10.8 Å². The quantitative estimate of drug-likeness (QED) is 0.336. The summed E-state index contributed by atoms with van der Waals surface area (Å²) in [5, 5.41) is 13.5.